The lowest BCUT2D eigenvalue weighted by atomic mass is 10.2. The smallest absolute Gasteiger partial charge is 0.332 e. The number of hydrogen-bond acceptors (Lipinski definition) is 1. The van der Waals surface area contributed by atoms with Crippen molar-refractivity contribution in [2.24, 2.45) is 0 Å². The van der Waals surface area contributed by atoms with Crippen molar-refractivity contribution in [2.75, 3.05) is 10.6 Å². The largest absolute Gasteiger partial charge is 0.416 e. The van der Waals surface area contributed by atoms with Crippen molar-refractivity contribution >= 4 is 51.9 Å². The first-order chi connectivity index (χ1) is 10.7. The Bertz CT molecular complexity index is 748. The first-order valence-corrected chi connectivity index (χ1v) is 7.55. The van der Waals surface area contributed by atoms with E-state index in [4.69, 9.17) is 35.4 Å². The van der Waals surface area contributed by atoms with E-state index in [0.29, 0.717) is 10.7 Å². The Hall–Kier alpha value is -1.50. The van der Waals surface area contributed by atoms with Crippen molar-refractivity contribution in [3.8, 4) is 0 Å². The number of benzene rings is 2. The summed E-state index contributed by atoms with van der Waals surface area (Å²) in [5, 5.41) is 6.33. The van der Waals surface area contributed by atoms with E-state index in [-0.39, 0.29) is 15.8 Å². The number of thiocarbonyl (C=S) groups is 1. The van der Waals surface area contributed by atoms with Crippen LogP contribution in [0, 0.1) is 6.92 Å². The van der Waals surface area contributed by atoms with E-state index in [1.54, 1.807) is 25.1 Å². The molecule has 0 spiro atoms. The molecule has 2 rings (SSSR count). The fourth-order valence-electron chi connectivity index (χ4n) is 1.82. The van der Waals surface area contributed by atoms with Gasteiger partial charge in [-0.2, -0.15) is 13.2 Å². The van der Waals surface area contributed by atoms with Gasteiger partial charge in [0.15, 0.2) is 5.11 Å². The SMILES string of the molecule is Cc1c(Cl)cccc1NC(=S)Nc1cc(C(F)(F)F)ccc1Cl. The average Bonchev–Trinajstić information content (AvgIpc) is 2.45. The molecule has 2 nitrogen and oxygen atoms in total. The van der Waals surface area contributed by atoms with Gasteiger partial charge in [0.25, 0.3) is 0 Å². The van der Waals surface area contributed by atoms with Gasteiger partial charge in [0, 0.05) is 10.7 Å². The van der Waals surface area contributed by atoms with E-state index in [1.165, 1.54) is 6.07 Å². The quantitative estimate of drug-likeness (QED) is 0.614. The fraction of sp³-hybridized carbons (Fsp3) is 0.133. The lowest BCUT2D eigenvalue weighted by Crippen LogP contribution is -2.20. The van der Waals surface area contributed by atoms with Gasteiger partial charge in [-0.05, 0) is 55.0 Å². The third-order valence-corrected chi connectivity index (χ3v) is 4.00. The van der Waals surface area contributed by atoms with Crippen LogP contribution in [0.15, 0.2) is 36.4 Å². The van der Waals surface area contributed by atoms with Crippen LogP contribution in [-0.4, -0.2) is 5.11 Å². The summed E-state index contributed by atoms with van der Waals surface area (Å²) in [5.41, 5.74) is 0.677. The molecule has 0 atom stereocenters. The molecule has 2 aromatic carbocycles. The summed E-state index contributed by atoms with van der Waals surface area (Å²) < 4.78 is 38.2. The monoisotopic (exact) mass is 378 g/mol. The van der Waals surface area contributed by atoms with Crippen LogP contribution in [0.1, 0.15) is 11.1 Å². The Kier molecular flexibility index (Phi) is 5.39. The zero-order valence-electron chi connectivity index (χ0n) is 11.8. The topological polar surface area (TPSA) is 24.1 Å². The predicted octanol–water partition coefficient (Wildman–Crippen LogP) is 6.13. The summed E-state index contributed by atoms with van der Waals surface area (Å²) >= 11 is 17.0. The maximum atomic E-state index is 12.7. The van der Waals surface area contributed by atoms with Crippen molar-refractivity contribution in [1.29, 1.82) is 0 Å². The molecule has 0 bridgehead atoms. The van der Waals surface area contributed by atoms with Gasteiger partial charge >= 0.3 is 6.18 Å². The van der Waals surface area contributed by atoms with Crippen LogP contribution in [0.3, 0.4) is 0 Å². The molecule has 0 aliphatic heterocycles. The Balaban J connectivity index is 2.19. The Morgan fingerprint density at radius 1 is 1.00 bits per heavy atom. The van der Waals surface area contributed by atoms with Crippen LogP contribution in [0.5, 0.6) is 0 Å². The van der Waals surface area contributed by atoms with E-state index in [1.807, 2.05) is 0 Å². The van der Waals surface area contributed by atoms with Crippen LogP contribution >= 0.6 is 35.4 Å². The van der Waals surface area contributed by atoms with Crippen molar-refractivity contribution in [3.05, 3.63) is 57.6 Å². The first-order valence-electron chi connectivity index (χ1n) is 6.38. The third-order valence-electron chi connectivity index (χ3n) is 3.06. The van der Waals surface area contributed by atoms with Crippen molar-refractivity contribution < 1.29 is 13.2 Å². The number of alkyl halides is 3. The molecule has 8 heteroatoms. The highest BCUT2D eigenvalue weighted by Gasteiger charge is 2.31. The summed E-state index contributed by atoms with van der Waals surface area (Å²) in [6.07, 6.45) is -4.46. The number of halogens is 5. The molecular weight excluding hydrogens is 368 g/mol. The molecule has 0 saturated carbocycles. The van der Waals surface area contributed by atoms with Crippen LogP contribution in [0.2, 0.25) is 10.0 Å². The Morgan fingerprint density at radius 2 is 1.65 bits per heavy atom. The number of rotatable bonds is 2. The lowest BCUT2D eigenvalue weighted by molar-refractivity contribution is -0.137. The first kappa shape index (κ1) is 17.8. The molecule has 23 heavy (non-hydrogen) atoms. The fourth-order valence-corrected chi connectivity index (χ4v) is 2.38. The van der Waals surface area contributed by atoms with Crippen LogP contribution < -0.4 is 10.6 Å². The third kappa shape index (κ3) is 4.50. The summed E-state index contributed by atoms with van der Waals surface area (Å²) in [5.74, 6) is 0. The lowest BCUT2D eigenvalue weighted by Gasteiger charge is -2.15. The van der Waals surface area contributed by atoms with Crippen molar-refractivity contribution in [2.45, 2.75) is 13.1 Å². The second-order valence-corrected chi connectivity index (χ2v) is 5.91. The number of anilines is 2. The molecule has 0 fully saturated rings. The highest BCUT2D eigenvalue weighted by Crippen LogP contribution is 2.34. The molecule has 2 aromatic rings. The molecule has 0 heterocycles. The molecule has 0 saturated heterocycles. The van der Waals surface area contributed by atoms with Gasteiger partial charge < -0.3 is 10.6 Å². The number of hydrogen-bond donors (Lipinski definition) is 2. The van der Waals surface area contributed by atoms with Gasteiger partial charge in [-0.1, -0.05) is 29.3 Å². The van der Waals surface area contributed by atoms with E-state index in [9.17, 15) is 13.2 Å². The van der Waals surface area contributed by atoms with E-state index in [0.717, 1.165) is 17.7 Å². The molecular formula is C15H11Cl2F3N2S. The molecule has 0 unspecified atom stereocenters. The highest BCUT2D eigenvalue weighted by molar-refractivity contribution is 7.80. The number of nitrogens with one attached hydrogen (secondary N) is 2. The average molecular weight is 379 g/mol. The zero-order chi connectivity index (χ0) is 17.2. The van der Waals surface area contributed by atoms with Crippen LogP contribution in [0.25, 0.3) is 0 Å². The maximum absolute atomic E-state index is 12.7. The van der Waals surface area contributed by atoms with Crippen molar-refractivity contribution in [1.82, 2.24) is 0 Å². The summed E-state index contributed by atoms with van der Waals surface area (Å²) in [6.45, 7) is 1.80. The normalized spacial score (nSPS) is 11.2. The van der Waals surface area contributed by atoms with Gasteiger partial charge in [-0.15, -0.1) is 0 Å². The zero-order valence-corrected chi connectivity index (χ0v) is 14.1. The van der Waals surface area contributed by atoms with Gasteiger partial charge in [-0.3, -0.25) is 0 Å². The summed E-state index contributed by atoms with van der Waals surface area (Å²) in [4.78, 5) is 0. The molecule has 0 aromatic heterocycles. The molecule has 0 aliphatic carbocycles. The van der Waals surface area contributed by atoms with Gasteiger partial charge in [-0.25, -0.2) is 0 Å². The minimum atomic E-state index is -4.46. The summed E-state index contributed by atoms with van der Waals surface area (Å²) in [6, 6.07) is 8.19. The van der Waals surface area contributed by atoms with E-state index >= 15 is 0 Å². The van der Waals surface area contributed by atoms with Gasteiger partial charge in [0.2, 0.25) is 0 Å². The molecule has 0 amide bonds. The second-order valence-electron chi connectivity index (χ2n) is 4.68. The molecule has 0 aliphatic rings. The van der Waals surface area contributed by atoms with E-state index in [2.05, 4.69) is 10.6 Å². The standard InChI is InChI=1S/C15H11Cl2F3N2S/c1-8-10(16)3-2-4-12(8)21-14(23)22-13-7-9(15(18,19)20)5-6-11(13)17/h2-7H,1H3,(H2,21,22,23). The predicted molar refractivity (Wildman–Crippen MR) is 92.5 cm³/mol. The van der Waals surface area contributed by atoms with Crippen molar-refractivity contribution in [3.63, 3.8) is 0 Å². The van der Waals surface area contributed by atoms with E-state index < -0.39 is 11.7 Å². The highest BCUT2D eigenvalue weighted by atomic mass is 35.5. The van der Waals surface area contributed by atoms with Gasteiger partial charge in [0.05, 0.1) is 16.3 Å². The molecule has 2 N–H and O–H groups in total. The minimum absolute atomic E-state index is 0.0682. The Labute approximate surface area is 146 Å². The summed E-state index contributed by atoms with van der Waals surface area (Å²) in [7, 11) is 0. The Morgan fingerprint density at radius 3 is 2.30 bits per heavy atom. The minimum Gasteiger partial charge on any atom is -0.332 e. The molecule has 0 radical (unpaired) electrons. The second kappa shape index (κ2) is 6.95. The maximum Gasteiger partial charge on any atom is 0.416 e. The van der Waals surface area contributed by atoms with Crippen LogP contribution in [0.4, 0.5) is 24.5 Å². The molecule has 122 valence electrons. The van der Waals surface area contributed by atoms with Crippen LogP contribution in [-0.2, 0) is 6.18 Å². The van der Waals surface area contributed by atoms with Gasteiger partial charge in [0.1, 0.15) is 0 Å².